The van der Waals surface area contributed by atoms with Gasteiger partial charge in [0.2, 0.25) is 5.91 Å². The molecule has 1 saturated heterocycles. The average Bonchev–Trinajstić information content (AvgIpc) is 3.18. The highest BCUT2D eigenvalue weighted by atomic mass is 19.1. The van der Waals surface area contributed by atoms with E-state index in [4.69, 9.17) is 0 Å². The highest BCUT2D eigenvalue weighted by Gasteiger charge is 2.30. The first-order valence-corrected chi connectivity index (χ1v) is 10.2. The first kappa shape index (κ1) is 20.4. The molecule has 2 aromatic rings. The molecule has 6 heteroatoms. The van der Waals surface area contributed by atoms with Crippen LogP contribution >= 0.6 is 0 Å². The third-order valence-corrected chi connectivity index (χ3v) is 5.72. The van der Waals surface area contributed by atoms with Crippen molar-refractivity contribution in [3.05, 3.63) is 83.4 Å². The number of rotatable bonds is 7. The summed E-state index contributed by atoms with van der Waals surface area (Å²) in [6, 6.07) is 13.4. The molecular weight excluding hydrogens is 384 g/mol. The third-order valence-electron chi connectivity index (χ3n) is 5.72. The number of carbonyl (C=O) groups is 1. The predicted molar refractivity (Wildman–Crippen MR) is 113 cm³/mol. The number of carbonyl (C=O) groups excluding carboxylic acids is 1. The van der Waals surface area contributed by atoms with Crippen molar-refractivity contribution in [3.63, 3.8) is 0 Å². The van der Waals surface area contributed by atoms with Gasteiger partial charge >= 0.3 is 0 Å². The molecule has 0 radical (unpaired) electrons. The van der Waals surface area contributed by atoms with Gasteiger partial charge in [0, 0.05) is 50.7 Å². The van der Waals surface area contributed by atoms with E-state index in [-0.39, 0.29) is 12.3 Å². The molecule has 0 aliphatic carbocycles. The molecule has 1 unspecified atom stereocenters. The highest BCUT2D eigenvalue weighted by Crippen LogP contribution is 2.31. The van der Waals surface area contributed by atoms with Gasteiger partial charge in [-0.05, 0) is 29.7 Å². The van der Waals surface area contributed by atoms with Crippen molar-refractivity contribution in [2.75, 3.05) is 19.6 Å². The number of nitrogens with zero attached hydrogens (tertiary/aromatic N) is 3. The number of hydrazone groups is 1. The second-order valence-electron chi connectivity index (χ2n) is 8.04. The molecule has 4 rings (SSSR count). The molecule has 0 saturated carbocycles. The average molecular weight is 409 g/mol. The van der Waals surface area contributed by atoms with Gasteiger partial charge in [0.05, 0.1) is 6.04 Å². The Morgan fingerprint density at radius 3 is 2.43 bits per heavy atom. The Balaban J connectivity index is 1.25. The maximum absolute atomic E-state index is 13.6. The number of hydrogen-bond acceptors (Lipinski definition) is 3. The highest BCUT2D eigenvalue weighted by molar-refractivity contribution is 5.80. The van der Waals surface area contributed by atoms with Crippen LogP contribution in [0.25, 0.3) is 0 Å². The number of amides is 1. The van der Waals surface area contributed by atoms with Crippen LogP contribution < -0.4 is 0 Å². The van der Waals surface area contributed by atoms with Crippen LogP contribution in [-0.2, 0) is 4.79 Å². The van der Waals surface area contributed by atoms with Gasteiger partial charge in [-0.2, -0.15) is 5.10 Å². The molecule has 156 valence electrons. The summed E-state index contributed by atoms with van der Waals surface area (Å²) in [4.78, 5) is 15.0. The largest absolute Gasteiger partial charge is 0.298 e. The van der Waals surface area contributed by atoms with E-state index in [1.165, 1.54) is 22.7 Å². The van der Waals surface area contributed by atoms with Crippen LogP contribution in [0.1, 0.15) is 42.3 Å². The van der Waals surface area contributed by atoms with Crippen LogP contribution in [0.2, 0.25) is 0 Å². The molecule has 1 fully saturated rings. The lowest BCUT2D eigenvalue weighted by Gasteiger charge is -2.40. The van der Waals surface area contributed by atoms with Crippen LogP contribution in [0.4, 0.5) is 8.78 Å². The van der Waals surface area contributed by atoms with Crippen molar-refractivity contribution in [3.8, 4) is 0 Å². The van der Waals surface area contributed by atoms with E-state index in [2.05, 4.69) is 40.8 Å². The second-order valence-corrected chi connectivity index (χ2v) is 8.04. The first-order chi connectivity index (χ1) is 14.5. The number of likely N-dealkylation sites (tertiary alicyclic amines) is 1. The molecule has 2 aromatic carbocycles. The smallest absolute Gasteiger partial charge is 0.243 e. The topological polar surface area (TPSA) is 35.9 Å². The Bertz CT molecular complexity index is 934. The van der Waals surface area contributed by atoms with Gasteiger partial charge in [-0.25, -0.2) is 13.8 Å². The Morgan fingerprint density at radius 1 is 1.03 bits per heavy atom. The van der Waals surface area contributed by atoms with Gasteiger partial charge in [0.1, 0.15) is 11.6 Å². The third kappa shape index (κ3) is 4.65. The summed E-state index contributed by atoms with van der Waals surface area (Å²) in [5.41, 5.74) is 2.79. The maximum atomic E-state index is 13.6. The van der Waals surface area contributed by atoms with Crippen molar-refractivity contribution in [1.29, 1.82) is 0 Å². The molecular formula is C24H25F2N3O. The van der Waals surface area contributed by atoms with Gasteiger partial charge in [-0.1, -0.05) is 42.5 Å². The lowest BCUT2D eigenvalue weighted by molar-refractivity contribution is -0.133. The fourth-order valence-corrected chi connectivity index (χ4v) is 4.13. The SMILES string of the molecule is C=C(CCC(=O)N1N=CCC1c1cc(F)cc(F)c1)CN1CC(c2ccccc2)C1. The minimum absolute atomic E-state index is 0.162. The van der Waals surface area contributed by atoms with Crippen LogP contribution in [-0.4, -0.2) is 41.7 Å². The van der Waals surface area contributed by atoms with E-state index in [9.17, 15) is 13.6 Å². The lowest BCUT2D eigenvalue weighted by Crippen LogP contribution is -2.45. The standard InChI is InChI=1S/C24H25F2N3O/c1-17(14-28-15-20(16-28)18-5-3-2-4-6-18)7-8-24(30)29-23(9-10-27-29)19-11-21(25)13-22(26)12-19/h2-6,10-13,20,23H,1,7-9,14-16H2. The minimum Gasteiger partial charge on any atom is -0.298 e. The maximum Gasteiger partial charge on any atom is 0.243 e. The van der Waals surface area contributed by atoms with Crippen LogP contribution in [0.3, 0.4) is 0 Å². The zero-order valence-corrected chi connectivity index (χ0v) is 16.8. The monoisotopic (exact) mass is 409 g/mol. The van der Waals surface area contributed by atoms with Crippen molar-refractivity contribution in [2.24, 2.45) is 5.10 Å². The summed E-state index contributed by atoms with van der Waals surface area (Å²) < 4.78 is 27.1. The van der Waals surface area contributed by atoms with Crippen molar-refractivity contribution in [1.82, 2.24) is 9.91 Å². The molecule has 1 amide bonds. The first-order valence-electron chi connectivity index (χ1n) is 10.2. The fraction of sp³-hybridized carbons (Fsp3) is 0.333. The van der Waals surface area contributed by atoms with Crippen molar-refractivity contribution in [2.45, 2.75) is 31.2 Å². The Labute approximate surface area is 175 Å². The summed E-state index contributed by atoms with van der Waals surface area (Å²) in [5, 5.41) is 5.48. The number of halogens is 2. The van der Waals surface area contributed by atoms with Gasteiger partial charge in [0.25, 0.3) is 0 Å². The molecule has 0 aromatic heterocycles. The quantitative estimate of drug-likeness (QED) is 0.624. The van der Waals surface area contributed by atoms with E-state index >= 15 is 0 Å². The van der Waals surface area contributed by atoms with E-state index in [0.717, 1.165) is 31.3 Å². The van der Waals surface area contributed by atoms with E-state index in [1.807, 2.05) is 6.07 Å². The molecule has 2 aliphatic rings. The van der Waals surface area contributed by atoms with E-state index < -0.39 is 17.7 Å². The summed E-state index contributed by atoms with van der Waals surface area (Å²) in [5.74, 6) is -0.903. The summed E-state index contributed by atoms with van der Waals surface area (Å²) in [6.45, 7) is 6.90. The van der Waals surface area contributed by atoms with E-state index in [0.29, 0.717) is 24.3 Å². The van der Waals surface area contributed by atoms with Crippen LogP contribution in [0.15, 0.2) is 65.8 Å². The number of benzene rings is 2. The lowest BCUT2D eigenvalue weighted by atomic mass is 9.91. The molecule has 2 aliphatic heterocycles. The van der Waals surface area contributed by atoms with Crippen LogP contribution in [0, 0.1) is 11.6 Å². The fourth-order valence-electron chi connectivity index (χ4n) is 4.13. The van der Waals surface area contributed by atoms with Gasteiger partial charge in [0.15, 0.2) is 0 Å². The molecule has 4 nitrogen and oxygen atoms in total. The Hall–Kier alpha value is -2.86. The molecule has 1 atom stereocenters. The summed E-state index contributed by atoms with van der Waals surface area (Å²) >= 11 is 0. The second kappa shape index (κ2) is 8.88. The van der Waals surface area contributed by atoms with Crippen LogP contribution in [0.5, 0.6) is 0 Å². The minimum atomic E-state index is -0.652. The number of hydrogen-bond donors (Lipinski definition) is 0. The molecule has 30 heavy (non-hydrogen) atoms. The van der Waals surface area contributed by atoms with Crippen molar-refractivity contribution >= 4 is 12.1 Å². The zero-order chi connectivity index (χ0) is 21.1. The summed E-state index contributed by atoms with van der Waals surface area (Å²) in [7, 11) is 0. The Kier molecular flexibility index (Phi) is 6.04. The predicted octanol–water partition coefficient (Wildman–Crippen LogP) is 4.66. The van der Waals surface area contributed by atoms with Crippen molar-refractivity contribution < 1.29 is 13.6 Å². The molecule has 0 spiro atoms. The Morgan fingerprint density at radius 2 is 1.73 bits per heavy atom. The normalized spacial score (nSPS) is 19.1. The molecule has 0 bridgehead atoms. The van der Waals surface area contributed by atoms with E-state index in [1.54, 1.807) is 6.21 Å². The zero-order valence-electron chi connectivity index (χ0n) is 16.8. The van der Waals surface area contributed by atoms with Gasteiger partial charge in [-0.3, -0.25) is 9.69 Å². The molecule has 0 N–H and O–H groups in total. The van der Waals surface area contributed by atoms with Gasteiger partial charge in [-0.15, -0.1) is 0 Å². The van der Waals surface area contributed by atoms with Gasteiger partial charge < -0.3 is 0 Å². The molecule has 2 heterocycles. The summed E-state index contributed by atoms with van der Waals surface area (Å²) in [6.07, 6.45) is 2.91.